The molecule has 108 valence electrons. The number of nitrogens with zero attached hydrogens (tertiary/aromatic N) is 1. The second kappa shape index (κ2) is 9.34. The molecular formula is C14H23ClN2OS. The van der Waals surface area contributed by atoms with Crippen LogP contribution >= 0.6 is 23.7 Å². The topological polar surface area (TPSA) is 32.3 Å². The number of unbranched alkanes of at least 4 members (excludes halogenated alkanes) is 1. The molecule has 2 heterocycles. The highest BCUT2D eigenvalue weighted by Gasteiger charge is 2.10. The third-order valence-electron chi connectivity index (χ3n) is 3.34. The highest BCUT2D eigenvalue weighted by molar-refractivity contribution is 7.10. The zero-order valence-electron chi connectivity index (χ0n) is 11.3. The normalized spacial score (nSPS) is 15.2. The van der Waals surface area contributed by atoms with Crippen LogP contribution < -0.4 is 5.32 Å². The van der Waals surface area contributed by atoms with E-state index in [1.807, 2.05) is 17.5 Å². The molecule has 1 aromatic rings. The van der Waals surface area contributed by atoms with Crippen LogP contribution in [-0.4, -0.2) is 37.0 Å². The van der Waals surface area contributed by atoms with Crippen molar-refractivity contribution in [3.63, 3.8) is 0 Å². The highest BCUT2D eigenvalue weighted by Crippen LogP contribution is 2.09. The standard InChI is InChI=1S/C14H22N2OS.ClH/c17-14(12-13-6-5-11-18-13)15-7-1-2-8-16-9-3-4-10-16;/h5-6,11H,1-4,7-10,12H2,(H,15,17);1H. The largest absolute Gasteiger partial charge is 0.356 e. The fourth-order valence-corrected chi connectivity index (χ4v) is 3.03. The average molecular weight is 303 g/mol. The summed E-state index contributed by atoms with van der Waals surface area (Å²) in [6.07, 6.45) is 5.53. The molecule has 1 N–H and O–H groups in total. The Bertz CT molecular complexity index is 350. The number of carbonyl (C=O) groups excluding carboxylic acids is 1. The van der Waals surface area contributed by atoms with E-state index < -0.39 is 0 Å². The SMILES string of the molecule is Cl.O=C(Cc1cccs1)NCCCCN1CCCC1. The smallest absolute Gasteiger partial charge is 0.225 e. The third kappa shape index (κ3) is 6.41. The molecule has 0 saturated carbocycles. The van der Waals surface area contributed by atoms with Gasteiger partial charge in [0.1, 0.15) is 0 Å². The van der Waals surface area contributed by atoms with Crippen molar-refractivity contribution >= 4 is 29.7 Å². The first-order valence-electron chi connectivity index (χ1n) is 6.86. The Morgan fingerprint density at radius 2 is 2.11 bits per heavy atom. The Labute approximate surface area is 125 Å². The summed E-state index contributed by atoms with van der Waals surface area (Å²) in [5, 5.41) is 5.01. The lowest BCUT2D eigenvalue weighted by Gasteiger charge is -2.13. The Morgan fingerprint density at radius 1 is 1.32 bits per heavy atom. The van der Waals surface area contributed by atoms with Gasteiger partial charge in [0.2, 0.25) is 5.91 Å². The van der Waals surface area contributed by atoms with Crippen molar-refractivity contribution < 1.29 is 4.79 Å². The van der Waals surface area contributed by atoms with Gasteiger partial charge in [0.15, 0.2) is 0 Å². The molecule has 0 atom stereocenters. The number of hydrogen-bond acceptors (Lipinski definition) is 3. The Hall–Kier alpha value is -0.580. The molecule has 1 aliphatic rings. The molecular weight excluding hydrogens is 280 g/mol. The van der Waals surface area contributed by atoms with Gasteiger partial charge in [-0.15, -0.1) is 23.7 Å². The van der Waals surface area contributed by atoms with Crippen LogP contribution in [-0.2, 0) is 11.2 Å². The maximum Gasteiger partial charge on any atom is 0.225 e. The number of nitrogens with one attached hydrogen (secondary N) is 1. The van der Waals surface area contributed by atoms with Crippen molar-refractivity contribution in [2.45, 2.75) is 32.1 Å². The first-order valence-corrected chi connectivity index (χ1v) is 7.74. The van der Waals surface area contributed by atoms with E-state index in [1.165, 1.54) is 38.9 Å². The highest BCUT2D eigenvalue weighted by atomic mass is 35.5. The number of carbonyl (C=O) groups is 1. The lowest BCUT2D eigenvalue weighted by atomic mass is 10.2. The van der Waals surface area contributed by atoms with Gasteiger partial charge in [-0.3, -0.25) is 4.79 Å². The van der Waals surface area contributed by atoms with E-state index in [1.54, 1.807) is 11.3 Å². The van der Waals surface area contributed by atoms with Gasteiger partial charge in [-0.25, -0.2) is 0 Å². The molecule has 1 saturated heterocycles. The zero-order valence-corrected chi connectivity index (χ0v) is 12.9. The van der Waals surface area contributed by atoms with Gasteiger partial charge < -0.3 is 10.2 Å². The Balaban J connectivity index is 0.00000180. The van der Waals surface area contributed by atoms with E-state index in [2.05, 4.69) is 10.2 Å². The van der Waals surface area contributed by atoms with E-state index in [0.717, 1.165) is 17.8 Å². The predicted molar refractivity (Wildman–Crippen MR) is 83.2 cm³/mol. The van der Waals surface area contributed by atoms with Gasteiger partial charge in [-0.1, -0.05) is 6.07 Å². The summed E-state index contributed by atoms with van der Waals surface area (Å²) in [6, 6.07) is 4.00. The van der Waals surface area contributed by atoms with E-state index in [9.17, 15) is 4.79 Å². The molecule has 1 fully saturated rings. The van der Waals surface area contributed by atoms with E-state index in [0.29, 0.717) is 6.42 Å². The Kier molecular flexibility index (Phi) is 8.10. The third-order valence-corrected chi connectivity index (χ3v) is 4.21. The molecule has 0 aromatic carbocycles. The predicted octanol–water partition coefficient (Wildman–Crippen LogP) is 2.70. The minimum absolute atomic E-state index is 0. The van der Waals surface area contributed by atoms with Crippen molar-refractivity contribution in [2.24, 2.45) is 0 Å². The molecule has 0 spiro atoms. The first kappa shape index (κ1) is 16.5. The summed E-state index contributed by atoms with van der Waals surface area (Å²) in [6.45, 7) is 4.55. The van der Waals surface area contributed by atoms with E-state index in [4.69, 9.17) is 0 Å². The van der Waals surface area contributed by atoms with Crippen LogP contribution in [0.3, 0.4) is 0 Å². The van der Waals surface area contributed by atoms with Crippen LogP contribution in [0.1, 0.15) is 30.6 Å². The monoisotopic (exact) mass is 302 g/mol. The van der Waals surface area contributed by atoms with Crippen LogP contribution in [0.5, 0.6) is 0 Å². The number of likely N-dealkylation sites (tertiary alicyclic amines) is 1. The van der Waals surface area contributed by atoms with Crippen molar-refractivity contribution in [3.05, 3.63) is 22.4 Å². The maximum absolute atomic E-state index is 11.6. The van der Waals surface area contributed by atoms with Crippen LogP contribution in [0.2, 0.25) is 0 Å². The first-order chi connectivity index (χ1) is 8.84. The summed E-state index contributed by atoms with van der Waals surface area (Å²) in [7, 11) is 0. The minimum Gasteiger partial charge on any atom is -0.356 e. The van der Waals surface area contributed by atoms with Gasteiger partial charge in [0.25, 0.3) is 0 Å². The van der Waals surface area contributed by atoms with Crippen LogP contribution in [0, 0.1) is 0 Å². The molecule has 0 aliphatic carbocycles. The average Bonchev–Trinajstić information content (AvgIpc) is 3.01. The van der Waals surface area contributed by atoms with Crippen LogP contribution in [0.15, 0.2) is 17.5 Å². The Morgan fingerprint density at radius 3 is 2.79 bits per heavy atom. The number of halogens is 1. The quantitative estimate of drug-likeness (QED) is 0.786. The van der Waals surface area contributed by atoms with Gasteiger partial charge >= 0.3 is 0 Å². The summed E-state index contributed by atoms with van der Waals surface area (Å²) in [4.78, 5) is 15.3. The van der Waals surface area contributed by atoms with Gasteiger partial charge in [-0.05, 0) is 56.8 Å². The minimum atomic E-state index is 0. The van der Waals surface area contributed by atoms with Crippen LogP contribution in [0.25, 0.3) is 0 Å². The molecule has 1 aliphatic heterocycles. The van der Waals surface area contributed by atoms with Crippen molar-refractivity contribution in [3.8, 4) is 0 Å². The molecule has 1 amide bonds. The van der Waals surface area contributed by atoms with Gasteiger partial charge in [-0.2, -0.15) is 0 Å². The summed E-state index contributed by atoms with van der Waals surface area (Å²) in [5.74, 6) is 0.152. The summed E-state index contributed by atoms with van der Waals surface area (Å²) >= 11 is 1.64. The molecule has 2 rings (SSSR count). The molecule has 3 nitrogen and oxygen atoms in total. The molecule has 19 heavy (non-hydrogen) atoms. The number of amides is 1. The van der Waals surface area contributed by atoms with Gasteiger partial charge in [0, 0.05) is 11.4 Å². The van der Waals surface area contributed by atoms with E-state index in [-0.39, 0.29) is 18.3 Å². The lowest BCUT2D eigenvalue weighted by Crippen LogP contribution is -2.27. The number of rotatable bonds is 7. The molecule has 0 unspecified atom stereocenters. The zero-order chi connectivity index (χ0) is 12.6. The lowest BCUT2D eigenvalue weighted by molar-refractivity contribution is -0.120. The fraction of sp³-hybridized carbons (Fsp3) is 0.643. The molecule has 0 radical (unpaired) electrons. The molecule has 0 bridgehead atoms. The molecule has 1 aromatic heterocycles. The molecule has 5 heteroatoms. The van der Waals surface area contributed by atoms with E-state index >= 15 is 0 Å². The van der Waals surface area contributed by atoms with Gasteiger partial charge in [0.05, 0.1) is 6.42 Å². The van der Waals surface area contributed by atoms with Crippen LogP contribution in [0.4, 0.5) is 0 Å². The number of thiophene rings is 1. The summed E-state index contributed by atoms with van der Waals surface area (Å²) in [5.41, 5.74) is 0. The van der Waals surface area contributed by atoms with Crippen molar-refractivity contribution in [2.75, 3.05) is 26.2 Å². The number of hydrogen-bond donors (Lipinski definition) is 1. The fourth-order valence-electron chi connectivity index (χ4n) is 2.33. The summed E-state index contributed by atoms with van der Waals surface area (Å²) < 4.78 is 0. The maximum atomic E-state index is 11.6. The second-order valence-electron chi connectivity index (χ2n) is 4.86. The van der Waals surface area contributed by atoms with Crippen molar-refractivity contribution in [1.82, 2.24) is 10.2 Å². The second-order valence-corrected chi connectivity index (χ2v) is 5.89. The van der Waals surface area contributed by atoms with Crippen molar-refractivity contribution in [1.29, 1.82) is 0 Å².